The van der Waals surface area contributed by atoms with Crippen LogP contribution in [-0.4, -0.2) is 14.5 Å². The summed E-state index contributed by atoms with van der Waals surface area (Å²) in [4.78, 5) is 8.45. The molecular weight excluding hydrogens is 228 g/mol. The molecule has 98 valence electrons. The van der Waals surface area contributed by atoms with Crippen molar-refractivity contribution in [2.75, 3.05) is 0 Å². The summed E-state index contributed by atoms with van der Waals surface area (Å²) < 4.78 is 7.59. The number of aromatic nitrogens is 3. The number of hydrogen-bond donors (Lipinski definition) is 1. The van der Waals surface area contributed by atoms with Gasteiger partial charge in [0.05, 0.1) is 18.2 Å². The Morgan fingerprint density at radius 3 is 2.56 bits per heavy atom. The average Bonchev–Trinajstić information content (AvgIpc) is 2.95. The van der Waals surface area contributed by atoms with Gasteiger partial charge in [0.15, 0.2) is 0 Å². The summed E-state index contributed by atoms with van der Waals surface area (Å²) >= 11 is 0. The largest absolute Gasteiger partial charge is 0.444 e. The van der Waals surface area contributed by atoms with E-state index in [0.717, 1.165) is 11.5 Å². The third kappa shape index (κ3) is 2.31. The molecule has 0 fully saturated rings. The molecule has 2 rings (SSSR count). The quantitative estimate of drug-likeness (QED) is 0.902. The number of aryl methyl sites for hydroxylation is 1. The smallest absolute Gasteiger partial charge is 0.217 e. The van der Waals surface area contributed by atoms with E-state index in [1.54, 1.807) is 12.5 Å². The Labute approximate surface area is 107 Å². The van der Waals surface area contributed by atoms with Gasteiger partial charge in [-0.05, 0) is 19.8 Å². The lowest BCUT2D eigenvalue weighted by Gasteiger charge is -2.20. The normalized spacial score (nSPS) is 15.0. The van der Waals surface area contributed by atoms with Gasteiger partial charge in [-0.3, -0.25) is 0 Å². The van der Waals surface area contributed by atoms with E-state index in [2.05, 4.69) is 23.8 Å². The first-order valence-electron chi connectivity index (χ1n) is 6.20. The Bertz CT molecular complexity index is 515. The Hall–Kier alpha value is -1.62. The maximum Gasteiger partial charge on any atom is 0.217 e. The third-order valence-corrected chi connectivity index (χ3v) is 3.17. The molecule has 5 heteroatoms. The highest BCUT2D eigenvalue weighted by Gasteiger charge is 2.21. The number of imidazole rings is 1. The minimum Gasteiger partial charge on any atom is -0.444 e. The van der Waals surface area contributed by atoms with Crippen LogP contribution in [0.5, 0.6) is 0 Å². The van der Waals surface area contributed by atoms with E-state index < -0.39 is 0 Å². The van der Waals surface area contributed by atoms with Gasteiger partial charge in [0.1, 0.15) is 11.8 Å². The molecule has 2 unspecified atom stereocenters. The van der Waals surface area contributed by atoms with Crippen molar-refractivity contribution in [1.82, 2.24) is 14.5 Å². The van der Waals surface area contributed by atoms with E-state index in [4.69, 9.17) is 10.2 Å². The molecule has 2 atom stereocenters. The van der Waals surface area contributed by atoms with E-state index in [1.807, 2.05) is 24.6 Å². The fourth-order valence-corrected chi connectivity index (χ4v) is 1.92. The van der Waals surface area contributed by atoms with Crippen molar-refractivity contribution in [3.63, 3.8) is 0 Å². The highest BCUT2D eigenvalue weighted by atomic mass is 16.4. The fourth-order valence-electron chi connectivity index (χ4n) is 1.92. The summed E-state index contributed by atoms with van der Waals surface area (Å²) in [5.74, 6) is 1.85. The maximum absolute atomic E-state index is 6.19. The highest BCUT2D eigenvalue weighted by Crippen LogP contribution is 2.25. The summed E-state index contributed by atoms with van der Waals surface area (Å²) in [6.45, 7) is 8.12. The predicted octanol–water partition coefficient (Wildman–Crippen LogP) is 2.44. The fraction of sp³-hybridized carbons (Fsp3) is 0.538. The summed E-state index contributed by atoms with van der Waals surface area (Å²) in [5, 5.41) is 0. The van der Waals surface area contributed by atoms with E-state index in [-0.39, 0.29) is 12.1 Å². The summed E-state index contributed by atoms with van der Waals surface area (Å²) in [6.07, 6.45) is 5.32. The molecule has 0 spiro atoms. The first-order chi connectivity index (χ1) is 8.50. The van der Waals surface area contributed by atoms with Gasteiger partial charge >= 0.3 is 0 Å². The van der Waals surface area contributed by atoms with Gasteiger partial charge in [0, 0.05) is 12.2 Å². The monoisotopic (exact) mass is 248 g/mol. The molecule has 0 aliphatic rings. The summed E-state index contributed by atoms with van der Waals surface area (Å²) in [6, 6.07) is -0.0352. The average molecular weight is 248 g/mol. The van der Waals surface area contributed by atoms with Crippen LogP contribution in [0.2, 0.25) is 0 Å². The molecule has 2 N–H and O–H groups in total. The van der Waals surface area contributed by atoms with Crippen molar-refractivity contribution in [1.29, 1.82) is 0 Å². The zero-order chi connectivity index (χ0) is 13.3. The van der Waals surface area contributed by atoms with Gasteiger partial charge in [-0.15, -0.1) is 0 Å². The lowest BCUT2D eigenvalue weighted by Crippen LogP contribution is -2.22. The number of hydrogen-bond acceptors (Lipinski definition) is 4. The van der Waals surface area contributed by atoms with Gasteiger partial charge in [-0.1, -0.05) is 13.8 Å². The van der Waals surface area contributed by atoms with Gasteiger partial charge in [-0.25, -0.2) is 9.97 Å². The second kappa shape index (κ2) is 4.94. The van der Waals surface area contributed by atoms with Crippen LogP contribution in [0.3, 0.4) is 0 Å². The molecule has 2 aromatic heterocycles. The van der Waals surface area contributed by atoms with Crippen LogP contribution in [0.4, 0.5) is 0 Å². The molecular formula is C13H20N4O. The topological polar surface area (TPSA) is 69.9 Å². The SMILES string of the molecule is Cc1cnc(C(C)n2cncc2C(N)C(C)C)o1. The van der Waals surface area contributed by atoms with Crippen LogP contribution in [0.15, 0.2) is 23.1 Å². The lowest BCUT2D eigenvalue weighted by atomic mass is 10.0. The van der Waals surface area contributed by atoms with Crippen molar-refractivity contribution in [2.45, 2.75) is 39.8 Å². The summed E-state index contributed by atoms with van der Waals surface area (Å²) in [7, 11) is 0. The summed E-state index contributed by atoms with van der Waals surface area (Å²) in [5.41, 5.74) is 7.20. The van der Waals surface area contributed by atoms with E-state index in [9.17, 15) is 0 Å². The van der Waals surface area contributed by atoms with Crippen molar-refractivity contribution >= 4 is 0 Å². The van der Waals surface area contributed by atoms with Gasteiger partial charge in [0.25, 0.3) is 0 Å². The Morgan fingerprint density at radius 1 is 1.28 bits per heavy atom. The molecule has 0 saturated heterocycles. The molecule has 0 aliphatic heterocycles. The predicted molar refractivity (Wildman–Crippen MR) is 69.0 cm³/mol. The van der Waals surface area contributed by atoms with Crippen molar-refractivity contribution < 1.29 is 4.42 Å². The van der Waals surface area contributed by atoms with Crippen molar-refractivity contribution in [3.05, 3.63) is 36.1 Å². The molecule has 0 aromatic carbocycles. The molecule has 0 aliphatic carbocycles. The van der Waals surface area contributed by atoms with E-state index >= 15 is 0 Å². The van der Waals surface area contributed by atoms with E-state index in [0.29, 0.717) is 11.8 Å². The lowest BCUT2D eigenvalue weighted by molar-refractivity contribution is 0.395. The second-order valence-electron chi connectivity index (χ2n) is 4.98. The van der Waals surface area contributed by atoms with Crippen molar-refractivity contribution in [3.8, 4) is 0 Å². The van der Waals surface area contributed by atoms with E-state index in [1.165, 1.54) is 0 Å². The van der Waals surface area contributed by atoms with Gasteiger partial charge < -0.3 is 14.7 Å². The molecule has 5 nitrogen and oxygen atoms in total. The Kier molecular flexibility index (Phi) is 3.52. The third-order valence-electron chi connectivity index (χ3n) is 3.17. The van der Waals surface area contributed by atoms with Crippen LogP contribution in [0, 0.1) is 12.8 Å². The number of oxazole rings is 1. The molecule has 0 saturated carbocycles. The molecule has 0 radical (unpaired) electrons. The highest BCUT2D eigenvalue weighted by molar-refractivity contribution is 5.10. The van der Waals surface area contributed by atoms with Crippen LogP contribution in [0.25, 0.3) is 0 Å². The minimum atomic E-state index is -0.0361. The molecule has 2 aromatic rings. The van der Waals surface area contributed by atoms with Crippen LogP contribution in [0.1, 0.15) is 50.2 Å². The number of nitrogens with two attached hydrogens (primary N) is 1. The Balaban J connectivity index is 2.31. The van der Waals surface area contributed by atoms with Gasteiger partial charge in [-0.2, -0.15) is 0 Å². The maximum atomic E-state index is 6.19. The zero-order valence-corrected chi connectivity index (χ0v) is 11.3. The number of rotatable bonds is 4. The first kappa shape index (κ1) is 12.8. The van der Waals surface area contributed by atoms with Crippen LogP contribution in [-0.2, 0) is 0 Å². The molecule has 2 heterocycles. The molecule has 0 bridgehead atoms. The molecule has 0 amide bonds. The number of nitrogens with zero attached hydrogens (tertiary/aromatic N) is 3. The minimum absolute atomic E-state index is 0.000926. The second-order valence-corrected chi connectivity index (χ2v) is 4.98. The first-order valence-corrected chi connectivity index (χ1v) is 6.20. The standard InChI is InChI=1S/C13H20N4O/c1-8(2)12(14)11-6-15-7-17(11)10(4)13-16-5-9(3)18-13/h5-8,10,12H,14H2,1-4H3. The van der Waals surface area contributed by atoms with Crippen LogP contribution >= 0.6 is 0 Å². The van der Waals surface area contributed by atoms with Crippen molar-refractivity contribution in [2.24, 2.45) is 11.7 Å². The Morgan fingerprint density at radius 2 is 2.00 bits per heavy atom. The zero-order valence-electron chi connectivity index (χ0n) is 11.3. The van der Waals surface area contributed by atoms with Gasteiger partial charge in [0.2, 0.25) is 5.89 Å². The van der Waals surface area contributed by atoms with Crippen LogP contribution < -0.4 is 5.73 Å². The molecule has 18 heavy (non-hydrogen) atoms.